The maximum atomic E-state index is 12.9. The van der Waals surface area contributed by atoms with Crippen molar-refractivity contribution in [3.63, 3.8) is 0 Å². The van der Waals surface area contributed by atoms with Gasteiger partial charge in [-0.25, -0.2) is 13.1 Å². The third kappa shape index (κ3) is 5.42. The van der Waals surface area contributed by atoms with Crippen LogP contribution in [-0.4, -0.2) is 33.6 Å². The van der Waals surface area contributed by atoms with E-state index in [1.165, 1.54) is 32.1 Å². The second kappa shape index (κ2) is 9.92. The molecule has 0 spiro atoms. The Balaban J connectivity index is 1.46. The number of rotatable bonds is 8. The van der Waals surface area contributed by atoms with Gasteiger partial charge < -0.3 is 14.8 Å². The number of anilines is 1. The van der Waals surface area contributed by atoms with Crippen molar-refractivity contribution in [2.24, 2.45) is 0 Å². The molecule has 0 heterocycles. The van der Waals surface area contributed by atoms with Crippen molar-refractivity contribution >= 4 is 21.6 Å². The van der Waals surface area contributed by atoms with E-state index in [9.17, 15) is 13.2 Å². The number of nitrogens with one attached hydrogen (secondary N) is 2. The zero-order valence-electron chi connectivity index (χ0n) is 18.3. The highest BCUT2D eigenvalue weighted by molar-refractivity contribution is 7.89. The van der Waals surface area contributed by atoms with Crippen molar-refractivity contribution in [3.05, 3.63) is 48.0 Å². The summed E-state index contributed by atoms with van der Waals surface area (Å²) < 4.78 is 39.8. The molecule has 4 rings (SSSR count). The van der Waals surface area contributed by atoms with Gasteiger partial charge in [0.05, 0.1) is 13.2 Å². The highest BCUT2D eigenvalue weighted by atomic mass is 32.2. The Hall–Kier alpha value is -2.58. The Labute approximate surface area is 189 Å². The van der Waals surface area contributed by atoms with Crippen molar-refractivity contribution in [2.45, 2.75) is 68.4 Å². The highest BCUT2D eigenvalue weighted by Crippen LogP contribution is 2.28. The average molecular weight is 459 g/mol. The van der Waals surface area contributed by atoms with E-state index in [1.807, 2.05) is 12.1 Å². The maximum absolute atomic E-state index is 12.9. The Kier molecular flexibility index (Phi) is 7.01. The van der Waals surface area contributed by atoms with Gasteiger partial charge in [0.2, 0.25) is 10.0 Å². The number of carbonyl (C=O) groups is 1. The van der Waals surface area contributed by atoms with Crippen LogP contribution in [0.2, 0.25) is 0 Å². The topological polar surface area (TPSA) is 93.7 Å². The lowest BCUT2D eigenvalue weighted by molar-refractivity contribution is 0.102. The molecule has 1 amide bonds. The molecule has 2 aliphatic carbocycles. The van der Waals surface area contributed by atoms with E-state index in [0.29, 0.717) is 5.69 Å². The monoisotopic (exact) mass is 458 g/mol. The number of carbonyl (C=O) groups excluding carboxylic acids is 1. The molecular weight excluding hydrogens is 428 g/mol. The van der Waals surface area contributed by atoms with E-state index in [2.05, 4.69) is 10.0 Å². The number of benzene rings is 2. The fourth-order valence-corrected chi connectivity index (χ4v) is 5.87. The van der Waals surface area contributed by atoms with Gasteiger partial charge in [-0.15, -0.1) is 0 Å². The number of sulfonamides is 1. The normalized spacial score (nSPS) is 17.4. The van der Waals surface area contributed by atoms with Crippen molar-refractivity contribution in [2.75, 3.05) is 12.4 Å². The molecule has 0 radical (unpaired) electrons. The minimum atomic E-state index is -3.80. The number of methoxy groups -OCH3 is 1. The van der Waals surface area contributed by atoms with Gasteiger partial charge in [0.1, 0.15) is 16.4 Å². The fraction of sp³-hybridized carbons (Fsp3) is 0.458. The first-order chi connectivity index (χ1) is 15.4. The number of hydrogen-bond donors (Lipinski definition) is 2. The maximum Gasteiger partial charge on any atom is 0.255 e. The van der Waals surface area contributed by atoms with Gasteiger partial charge in [0, 0.05) is 17.3 Å². The van der Waals surface area contributed by atoms with E-state index in [1.54, 1.807) is 18.2 Å². The molecule has 2 aliphatic rings. The molecule has 0 aliphatic heterocycles. The Morgan fingerprint density at radius 3 is 2.25 bits per heavy atom. The third-order valence-corrected chi connectivity index (χ3v) is 7.65. The predicted molar refractivity (Wildman–Crippen MR) is 123 cm³/mol. The minimum Gasteiger partial charge on any atom is -0.495 e. The molecule has 32 heavy (non-hydrogen) atoms. The summed E-state index contributed by atoms with van der Waals surface area (Å²) in [7, 11) is -2.39. The summed E-state index contributed by atoms with van der Waals surface area (Å²) in [5, 5.41) is 2.82. The summed E-state index contributed by atoms with van der Waals surface area (Å²) >= 11 is 0. The Bertz CT molecular complexity index is 1040. The zero-order chi connectivity index (χ0) is 22.6. The Morgan fingerprint density at radius 1 is 0.938 bits per heavy atom. The van der Waals surface area contributed by atoms with Crippen LogP contribution in [0, 0.1) is 0 Å². The lowest BCUT2D eigenvalue weighted by atomic mass is 10.2. The van der Waals surface area contributed by atoms with Gasteiger partial charge in [-0.3, -0.25) is 4.79 Å². The van der Waals surface area contributed by atoms with Crippen LogP contribution in [0.5, 0.6) is 11.5 Å². The summed E-state index contributed by atoms with van der Waals surface area (Å²) in [6, 6.07) is 11.6. The molecule has 0 unspecified atom stereocenters. The first-order valence-electron chi connectivity index (χ1n) is 11.2. The van der Waals surface area contributed by atoms with Crippen LogP contribution in [0.4, 0.5) is 5.69 Å². The lowest BCUT2D eigenvalue weighted by Crippen LogP contribution is -2.33. The van der Waals surface area contributed by atoms with Crippen LogP contribution in [0.1, 0.15) is 61.7 Å². The third-order valence-electron chi connectivity index (χ3n) is 6.11. The van der Waals surface area contributed by atoms with Crippen LogP contribution < -0.4 is 19.5 Å². The van der Waals surface area contributed by atoms with E-state index in [-0.39, 0.29) is 28.4 Å². The molecular formula is C24H30N2O5S. The number of ether oxygens (including phenoxy) is 2. The highest BCUT2D eigenvalue weighted by Gasteiger charge is 2.26. The molecule has 172 valence electrons. The van der Waals surface area contributed by atoms with E-state index in [0.717, 1.165) is 44.3 Å². The molecule has 0 bridgehead atoms. The fourth-order valence-electron chi connectivity index (χ4n) is 4.37. The molecule has 0 atom stereocenters. The summed E-state index contributed by atoms with van der Waals surface area (Å²) in [4.78, 5) is 12.8. The van der Waals surface area contributed by atoms with Gasteiger partial charge in [-0.05, 0) is 81.0 Å². The van der Waals surface area contributed by atoms with Gasteiger partial charge in [0.15, 0.2) is 0 Å². The molecule has 0 saturated heterocycles. The van der Waals surface area contributed by atoms with Crippen LogP contribution in [0.25, 0.3) is 0 Å². The zero-order valence-corrected chi connectivity index (χ0v) is 19.1. The van der Waals surface area contributed by atoms with Crippen LogP contribution in [0.15, 0.2) is 47.4 Å². The second-order valence-corrected chi connectivity index (χ2v) is 10.2. The first-order valence-corrected chi connectivity index (χ1v) is 12.7. The molecule has 2 aromatic carbocycles. The van der Waals surface area contributed by atoms with Crippen LogP contribution in [0.3, 0.4) is 0 Å². The van der Waals surface area contributed by atoms with E-state index < -0.39 is 15.9 Å². The smallest absolute Gasteiger partial charge is 0.255 e. The SMILES string of the molecule is COc1ccc(C(=O)Nc2ccc(OC3CCCC3)cc2)cc1S(=O)(=O)NC1CCCC1. The standard InChI is InChI=1S/C24H30N2O5S/c1-30-22-15-10-17(16-23(22)32(28,29)26-19-6-2-3-7-19)24(27)25-18-11-13-21(14-12-18)31-20-8-4-5-9-20/h10-16,19-20,26H,2-9H2,1H3,(H,25,27). The predicted octanol–water partition coefficient (Wildman–Crippen LogP) is 4.49. The van der Waals surface area contributed by atoms with Crippen LogP contribution in [-0.2, 0) is 10.0 Å². The van der Waals surface area contributed by atoms with Crippen LogP contribution >= 0.6 is 0 Å². The molecule has 2 fully saturated rings. The molecule has 2 saturated carbocycles. The van der Waals surface area contributed by atoms with Crippen molar-refractivity contribution in [3.8, 4) is 11.5 Å². The summed E-state index contributed by atoms with van der Waals surface area (Å²) in [5.41, 5.74) is 0.849. The van der Waals surface area contributed by atoms with Gasteiger partial charge in [-0.2, -0.15) is 0 Å². The largest absolute Gasteiger partial charge is 0.495 e. The first kappa shape index (κ1) is 22.6. The number of amides is 1. The van der Waals surface area contributed by atoms with E-state index >= 15 is 0 Å². The quantitative estimate of drug-likeness (QED) is 0.608. The summed E-state index contributed by atoms with van der Waals surface area (Å²) in [6.07, 6.45) is 8.50. The lowest BCUT2D eigenvalue weighted by Gasteiger charge is -2.16. The van der Waals surface area contributed by atoms with Crippen molar-refractivity contribution in [1.29, 1.82) is 0 Å². The summed E-state index contributed by atoms with van der Waals surface area (Å²) in [6.45, 7) is 0. The van der Waals surface area contributed by atoms with Gasteiger partial charge in [-0.1, -0.05) is 12.8 Å². The Morgan fingerprint density at radius 2 is 1.59 bits per heavy atom. The second-order valence-electron chi connectivity index (χ2n) is 8.47. The summed E-state index contributed by atoms with van der Waals surface area (Å²) in [5.74, 6) is 0.598. The molecule has 2 aromatic rings. The van der Waals surface area contributed by atoms with E-state index in [4.69, 9.17) is 9.47 Å². The van der Waals surface area contributed by atoms with Crippen molar-refractivity contribution < 1.29 is 22.7 Å². The molecule has 2 N–H and O–H groups in total. The van der Waals surface area contributed by atoms with Gasteiger partial charge in [0.25, 0.3) is 5.91 Å². The number of hydrogen-bond acceptors (Lipinski definition) is 5. The average Bonchev–Trinajstić information content (AvgIpc) is 3.49. The molecule has 8 heteroatoms. The minimum absolute atomic E-state index is 0.0279. The van der Waals surface area contributed by atoms with Crippen molar-refractivity contribution in [1.82, 2.24) is 4.72 Å². The van der Waals surface area contributed by atoms with Gasteiger partial charge >= 0.3 is 0 Å². The molecule has 0 aromatic heterocycles. The molecule has 7 nitrogen and oxygen atoms in total.